The van der Waals surface area contributed by atoms with Crippen LogP contribution in [0, 0.1) is 11.3 Å². The van der Waals surface area contributed by atoms with Gasteiger partial charge in [0.25, 0.3) is 0 Å². The Hall–Kier alpha value is -2.44. The van der Waals surface area contributed by atoms with Gasteiger partial charge in [-0.3, -0.25) is 0 Å². The van der Waals surface area contributed by atoms with Gasteiger partial charge in [0.15, 0.2) is 11.5 Å². The molecule has 2 aromatic rings. The average Bonchev–Trinajstić information content (AvgIpc) is 2.50. The van der Waals surface area contributed by atoms with Crippen LogP contribution in [0.1, 0.15) is 18.1 Å². The monoisotopic (exact) mass is 299 g/mol. The third-order valence-corrected chi connectivity index (χ3v) is 3.15. The molecule has 0 unspecified atom stereocenters. The Balaban J connectivity index is 2.46. The van der Waals surface area contributed by atoms with Crippen LogP contribution < -0.4 is 4.74 Å². The van der Waals surface area contributed by atoms with Crippen molar-refractivity contribution in [3.8, 4) is 17.6 Å². The second-order valence-electron chi connectivity index (χ2n) is 4.32. The summed E-state index contributed by atoms with van der Waals surface area (Å²) in [5.74, 6) is 0.218. The smallest absolute Gasteiger partial charge is 0.176 e. The molecular weight excluding hydrogens is 286 g/mol. The number of halogens is 1. The Labute approximate surface area is 128 Å². The number of rotatable bonds is 4. The van der Waals surface area contributed by atoms with Gasteiger partial charge in [-0.2, -0.15) is 5.26 Å². The summed E-state index contributed by atoms with van der Waals surface area (Å²) < 4.78 is 5.33. The molecule has 0 aliphatic heterocycles. The third kappa shape index (κ3) is 3.56. The number of phenols is 1. The van der Waals surface area contributed by atoms with Crippen LogP contribution in [0.3, 0.4) is 0 Å². The van der Waals surface area contributed by atoms with Crippen LogP contribution >= 0.6 is 11.6 Å². The van der Waals surface area contributed by atoms with Gasteiger partial charge in [-0.15, -0.1) is 0 Å². The fraction of sp³-hybridized carbons (Fsp3) is 0.118. The normalized spacial score (nSPS) is 11.0. The molecule has 0 aliphatic rings. The lowest BCUT2D eigenvalue weighted by Crippen LogP contribution is -1.93. The van der Waals surface area contributed by atoms with E-state index >= 15 is 0 Å². The van der Waals surface area contributed by atoms with Crippen molar-refractivity contribution in [1.82, 2.24) is 0 Å². The predicted octanol–water partition coefficient (Wildman–Crippen LogP) is 4.51. The van der Waals surface area contributed by atoms with Crippen LogP contribution in [0.5, 0.6) is 11.5 Å². The number of nitriles is 1. The highest BCUT2D eigenvalue weighted by atomic mass is 35.5. The van der Waals surface area contributed by atoms with Crippen molar-refractivity contribution in [3.05, 3.63) is 58.6 Å². The lowest BCUT2D eigenvalue weighted by molar-refractivity contribution is 0.318. The van der Waals surface area contributed by atoms with Gasteiger partial charge in [0.05, 0.1) is 23.3 Å². The van der Waals surface area contributed by atoms with Crippen molar-refractivity contribution in [2.24, 2.45) is 0 Å². The second-order valence-corrected chi connectivity index (χ2v) is 4.73. The molecule has 0 fully saturated rings. The van der Waals surface area contributed by atoms with Crippen molar-refractivity contribution in [2.75, 3.05) is 6.61 Å². The van der Waals surface area contributed by atoms with Crippen LogP contribution in [0.25, 0.3) is 11.6 Å². The minimum absolute atomic E-state index is 0.0890. The zero-order valence-electron chi connectivity index (χ0n) is 11.5. The Kier molecular flexibility index (Phi) is 4.86. The first-order valence-electron chi connectivity index (χ1n) is 6.48. The van der Waals surface area contributed by atoms with Crippen molar-refractivity contribution in [3.63, 3.8) is 0 Å². The Morgan fingerprint density at radius 2 is 2.05 bits per heavy atom. The third-order valence-electron chi connectivity index (χ3n) is 2.87. The van der Waals surface area contributed by atoms with Gasteiger partial charge < -0.3 is 9.84 Å². The minimum Gasteiger partial charge on any atom is -0.503 e. The topological polar surface area (TPSA) is 53.2 Å². The molecule has 0 spiro atoms. The zero-order valence-corrected chi connectivity index (χ0v) is 12.3. The Morgan fingerprint density at radius 3 is 2.67 bits per heavy atom. The van der Waals surface area contributed by atoms with Gasteiger partial charge in [0.1, 0.15) is 0 Å². The van der Waals surface area contributed by atoms with Crippen molar-refractivity contribution >= 4 is 23.3 Å². The fourth-order valence-electron chi connectivity index (χ4n) is 1.91. The summed E-state index contributed by atoms with van der Waals surface area (Å²) in [5, 5.41) is 19.3. The molecule has 21 heavy (non-hydrogen) atoms. The molecule has 1 N–H and O–H groups in total. The van der Waals surface area contributed by atoms with Gasteiger partial charge in [-0.25, -0.2) is 0 Å². The van der Waals surface area contributed by atoms with Gasteiger partial charge in [-0.1, -0.05) is 41.9 Å². The van der Waals surface area contributed by atoms with Crippen LogP contribution in [0.4, 0.5) is 0 Å². The molecule has 0 saturated carbocycles. The quantitative estimate of drug-likeness (QED) is 0.667. The van der Waals surface area contributed by atoms with E-state index in [-0.39, 0.29) is 10.8 Å². The van der Waals surface area contributed by atoms with E-state index in [2.05, 4.69) is 6.07 Å². The summed E-state index contributed by atoms with van der Waals surface area (Å²) in [6, 6.07) is 14.8. The number of hydrogen-bond acceptors (Lipinski definition) is 3. The van der Waals surface area contributed by atoms with Gasteiger partial charge >= 0.3 is 0 Å². The largest absolute Gasteiger partial charge is 0.503 e. The van der Waals surface area contributed by atoms with E-state index in [0.717, 1.165) is 5.56 Å². The molecule has 0 heterocycles. The Bertz CT molecular complexity index is 703. The van der Waals surface area contributed by atoms with Crippen LogP contribution in [-0.4, -0.2) is 11.7 Å². The van der Waals surface area contributed by atoms with Crippen molar-refractivity contribution in [1.29, 1.82) is 5.26 Å². The molecule has 0 bridgehead atoms. The summed E-state index contributed by atoms with van der Waals surface area (Å²) in [6.45, 7) is 2.24. The van der Waals surface area contributed by atoms with Crippen molar-refractivity contribution in [2.45, 2.75) is 6.92 Å². The molecule has 3 nitrogen and oxygen atoms in total. The molecule has 0 amide bonds. The molecule has 0 aromatic heterocycles. The van der Waals surface area contributed by atoms with Gasteiger partial charge in [0, 0.05) is 0 Å². The molecule has 0 radical (unpaired) electrons. The number of benzene rings is 2. The maximum atomic E-state index is 9.82. The molecule has 2 aromatic carbocycles. The first-order valence-corrected chi connectivity index (χ1v) is 6.86. The number of nitrogens with zero attached hydrogens (tertiary/aromatic N) is 1. The number of hydrogen-bond donors (Lipinski definition) is 1. The molecule has 4 heteroatoms. The molecular formula is C17H14ClNO2. The number of aromatic hydroxyl groups is 1. The van der Waals surface area contributed by atoms with Crippen LogP contribution in [0.2, 0.25) is 5.02 Å². The van der Waals surface area contributed by atoms with E-state index in [1.165, 1.54) is 0 Å². The fourth-order valence-corrected chi connectivity index (χ4v) is 2.13. The molecule has 106 valence electrons. The lowest BCUT2D eigenvalue weighted by Gasteiger charge is -2.09. The summed E-state index contributed by atoms with van der Waals surface area (Å²) in [5.41, 5.74) is 2.03. The van der Waals surface area contributed by atoms with E-state index < -0.39 is 0 Å². The number of phenolic OH excluding ortho intramolecular Hbond substituents is 1. The maximum Gasteiger partial charge on any atom is 0.176 e. The van der Waals surface area contributed by atoms with Crippen LogP contribution in [-0.2, 0) is 0 Å². The summed E-state index contributed by atoms with van der Waals surface area (Å²) in [7, 11) is 0. The van der Waals surface area contributed by atoms with E-state index in [9.17, 15) is 10.4 Å². The summed E-state index contributed by atoms with van der Waals surface area (Å²) in [6.07, 6.45) is 1.71. The molecule has 0 aliphatic carbocycles. The van der Waals surface area contributed by atoms with E-state index in [1.54, 1.807) is 18.2 Å². The highest BCUT2D eigenvalue weighted by Gasteiger charge is 2.09. The first kappa shape index (κ1) is 15.0. The van der Waals surface area contributed by atoms with Gasteiger partial charge in [0.2, 0.25) is 0 Å². The zero-order chi connectivity index (χ0) is 15.2. The minimum atomic E-state index is -0.0890. The number of allylic oxidation sites excluding steroid dienone is 1. The Morgan fingerprint density at radius 1 is 1.33 bits per heavy atom. The SMILES string of the molecule is CCOc1cc(/C=C(/C#N)c2ccccc2)cc(Cl)c1O. The van der Waals surface area contributed by atoms with Crippen LogP contribution in [0.15, 0.2) is 42.5 Å². The highest BCUT2D eigenvalue weighted by Crippen LogP contribution is 2.36. The van der Waals surface area contributed by atoms with Gasteiger partial charge in [-0.05, 0) is 36.3 Å². The van der Waals surface area contributed by atoms with E-state index in [0.29, 0.717) is 23.5 Å². The summed E-state index contributed by atoms with van der Waals surface area (Å²) >= 11 is 5.99. The average molecular weight is 300 g/mol. The van der Waals surface area contributed by atoms with E-state index in [1.807, 2.05) is 37.3 Å². The second kappa shape index (κ2) is 6.83. The molecule has 0 atom stereocenters. The number of ether oxygens (including phenoxy) is 1. The lowest BCUT2D eigenvalue weighted by atomic mass is 10.0. The predicted molar refractivity (Wildman–Crippen MR) is 84.2 cm³/mol. The van der Waals surface area contributed by atoms with Crippen molar-refractivity contribution < 1.29 is 9.84 Å². The maximum absolute atomic E-state index is 9.82. The highest BCUT2D eigenvalue weighted by molar-refractivity contribution is 6.32. The molecule has 2 rings (SSSR count). The van der Waals surface area contributed by atoms with E-state index in [4.69, 9.17) is 16.3 Å². The summed E-state index contributed by atoms with van der Waals surface area (Å²) in [4.78, 5) is 0. The first-order chi connectivity index (χ1) is 10.2. The standard InChI is InChI=1S/C17H14ClNO2/c1-2-21-16-10-12(9-15(18)17(16)20)8-14(11-19)13-6-4-3-5-7-13/h3-10,20H,2H2,1H3/b14-8-. The molecule has 0 saturated heterocycles.